The van der Waals surface area contributed by atoms with Crippen LogP contribution in [0.25, 0.3) is 11.6 Å². The highest BCUT2D eigenvalue weighted by Crippen LogP contribution is 2.35. The summed E-state index contributed by atoms with van der Waals surface area (Å²) in [5.41, 5.74) is 4.28. The number of ether oxygens (including phenoxy) is 1. The Morgan fingerprint density at radius 3 is 2.80 bits per heavy atom. The molecule has 3 heterocycles. The number of halogens is 1. The third-order valence-corrected chi connectivity index (χ3v) is 4.26. The molecule has 3 aromatic rings. The van der Waals surface area contributed by atoms with Gasteiger partial charge in [-0.3, -0.25) is 0 Å². The Morgan fingerprint density at radius 2 is 2.00 bits per heavy atom. The SMILES string of the molecule is C=C1OC(c2cc(C)nn2-c2ncccc2Cl)=Nc2c(C)cccc21. The molecule has 0 saturated heterocycles. The van der Waals surface area contributed by atoms with Gasteiger partial charge in [0, 0.05) is 11.8 Å². The molecule has 2 aromatic heterocycles. The molecule has 0 saturated carbocycles. The fraction of sp³-hybridized carbons (Fsp3) is 0.105. The number of hydrogen-bond donors (Lipinski definition) is 0. The summed E-state index contributed by atoms with van der Waals surface area (Å²) in [6.45, 7) is 7.93. The number of benzene rings is 1. The average molecular weight is 351 g/mol. The van der Waals surface area contributed by atoms with Gasteiger partial charge in [0.2, 0.25) is 5.90 Å². The van der Waals surface area contributed by atoms with Crippen molar-refractivity contribution in [3.63, 3.8) is 0 Å². The zero-order valence-electron chi connectivity index (χ0n) is 13.8. The van der Waals surface area contributed by atoms with E-state index < -0.39 is 0 Å². The lowest BCUT2D eigenvalue weighted by Crippen LogP contribution is -2.16. The molecule has 0 radical (unpaired) electrons. The van der Waals surface area contributed by atoms with Gasteiger partial charge in [-0.2, -0.15) is 5.10 Å². The van der Waals surface area contributed by atoms with Gasteiger partial charge >= 0.3 is 0 Å². The largest absolute Gasteiger partial charge is 0.437 e. The molecule has 0 fully saturated rings. The van der Waals surface area contributed by atoms with Crippen molar-refractivity contribution in [2.24, 2.45) is 4.99 Å². The van der Waals surface area contributed by atoms with E-state index in [0.29, 0.717) is 28.2 Å². The molecule has 0 N–H and O–H groups in total. The first-order valence-corrected chi connectivity index (χ1v) is 8.16. The van der Waals surface area contributed by atoms with Gasteiger partial charge in [0.25, 0.3) is 0 Å². The molecule has 0 amide bonds. The highest BCUT2D eigenvalue weighted by molar-refractivity contribution is 6.32. The Bertz CT molecular complexity index is 1040. The Labute approximate surface area is 150 Å². The van der Waals surface area contributed by atoms with Gasteiger partial charge in [0.05, 0.1) is 16.4 Å². The van der Waals surface area contributed by atoms with E-state index in [1.165, 1.54) is 0 Å². The predicted molar refractivity (Wildman–Crippen MR) is 98.6 cm³/mol. The molecule has 124 valence electrons. The lowest BCUT2D eigenvalue weighted by Gasteiger charge is -2.20. The van der Waals surface area contributed by atoms with Crippen LogP contribution in [0, 0.1) is 13.8 Å². The summed E-state index contributed by atoms with van der Waals surface area (Å²) in [7, 11) is 0. The maximum absolute atomic E-state index is 6.29. The predicted octanol–water partition coefficient (Wildman–Crippen LogP) is 4.62. The van der Waals surface area contributed by atoms with Crippen LogP contribution >= 0.6 is 11.6 Å². The molecule has 6 heteroatoms. The summed E-state index contributed by atoms with van der Waals surface area (Å²) in [6.07, 6.45) is 1.67. The number of aliphatic imine (C=N–C) groups is 1. The first-order chi connectivity index (χ1) is 12.0. The third kappa shape index (κ3) is 2.62. The van der Waals surface area contributed by atoms with Crippen molar-refractivity contribution in [1.82, 2.24) is 14.8 Å². The van der Waals surface area contributed by atoms with Crippen LogP contribution in [0.1, 0.15) is 22.5 Å². The maximum Gasteiger partial charge on any atom is 0.246 e. The fourth-order valence-electron chi connectivity index (χ4n) is 2.78. The Balaban J connectivity index is 1.91. The number of nitrogens with zero attached hydrogens (tertiary/aromatic N) is 4. The second-order valence-corrected chi connectivity index (χ2v) is 6.21. The van der Waals surface area contributed by atoms with Crippen molar-refractivity contribution in [2.75, 3.05) is 0 Å². The number of pyridine rings is 1. The Hall–Kier alpha value is -2.92. The van der Waals surface area contributed by atoms with Crippen LogP contribution in [0.4, 0.5) is 5.69 Å². The topological polar surface area (TPSA) is 52.3 Å². The smallest absolute Gasteiger partial charge is 0.246 e. The Kier molecular flexibility index (Phi) is 3.66. The van der Waals surface area contributed by atoms with Crippen LogP contribution in [-0.4, -0.2) is 20.7 Å². The second kappa shape index (κ2) is 5.86. The fourth-order valence-corrected chi connectivity index (χ4v) is 2.99. The monoisotopic (exact) mass is 350 g/mol. The molecule has 0 unspecified atom stereocenters. The molecule has 25 heavy (non-hydrogen) atoms. The van der Waals surface area contributed by atoms with Gasteiger partial charge in [-0.25, -0.2) is 14.7 Å². The van der Waals surface area contributed by atoms with Crippen LogP contribution in [0.2, 0.25) is 5.02 Å². The lowest BCUT2D eigenvalue weighted by atomic mass is 10.1. The zero-order valence-corrected chi connectivity index (χ0v) is 14.6. The summed E-state index contributed by atoms with van der Waals surface area (Å²) >= 11 is 6.29. The third-order valence-electron chi connectivity index (χ3n) is 3.96. The number of aromatic nitrogens is 3. The average Bonchev–Trinajstić information content (AvgIpc) is 2.98. The van der Waals surface area contributed by atoms with Crippen LogP contribution in [0.3, 0.4) is 0 Å². The summed E-state index contributed by atoms with van der Waals surface area (Å²) in [5, 5.41) is 5.00. The summed E-state index contributed by atoms with van der Waals surface area (Å²) in [5.74, 6) is 1.51. The number of aryl methyl sites for hydroxylation is 2. The molecule has 0 bridgehead atoms. The zero-order chi connectivity index (χ0) is 17.6. The van der Waals surface area contributed by atoms with Crippen molar-refractivity contribution >= 4 is 28.9 Å². The van der Waals surface area contributed by atoms with Gasteiger partial charge in [0.15, 0.2) is 5.82 Å². The maximum atomic E-state index is 6.29. The number of rotatable bonds is 2. The molecular weight excluding hydrogens is 336 g/mol. The van der Waals surface area contributed by atoms with E-state index in [9.17, 15) is 0 Å². The van der Waals surface area contributed by atoms with Crippen molar-refractivity contribution in [1.29, 1.82) is 0 Å². The van der Waals surface area contributed by atoms with E-state index >= 15 is 0 Å². The van der Waals surface area contributed by atoms with E-state index in [4.69, 9.17) is 21.3 Å². The molecule has 1 aromatic carbocycles. The minimum atomic E-state index is 0.425. The number of fused-ring (bicyclic) bond motifs is 1. The molecule has 4 rings (SSSR count). The van der Waals surface area contributed by atoms with E-state index in [1.807, 2.05) is 38.1 Å². The second-order valence-electron chi connectivity index (χ2n) is 5.80. The van der Waals surface area contributed by atoms with Gasteiger partial charge in [0.1, 0.15) is 11.5 Å². The van der Waals surface area contributed by atoms with Crippen LogP contribution in [0.15, 0.2) is 54.2 Å². The number of hydrogen-bond acceptors (Lipinski definition) is 4. The van der Waals surface area contributed by atoms with Gasteiger partial charge in [-0.15, -0.1) is 0 Å². The molecule has 0 spiro atoms. The van der Waals surface area contributed by atoms with E-state index in [2.05, 4.69) is 16.7 Å². The molecular formula is C19H15ClN4O. The van der Waals surface area contributed by atoms with Crippen LogP contribution in [0.5, 0.6) is 0 Å². The van der Waals surface area contributed by atoms with Gasteiger partial charge in [-0.1, -0.05) is 30.3 Å². The van der Waals surface area contributed by atoms with Crippen LogP contribution in [-0.2, 0) is 4.74 Å². The quantitative estimate of drug-likeness (QED) is 0.677. The normalized spacial score (nSPS) is 13.2. The minimum absolute atomic E-state index is 0.425. The molecule has 0 aliphatic carbocycles. The summed E-state index contributed by atoms with van der Waals surface area (Å²) in [4.78, 5) is 9.03. The van der Waals surface area contributed by atoms with E-state index in [-0.39, 0.29) is 0 Å². The van der Waals surface area contributed by atoms with E-state index in [0.717, 1.165) is 22.5 Å². The molecule has 0 atom stereocenters. The molecule has 1 aliphatic rings. The highest BCUT2D eigenvalue weighted by atomic mass is 35.5. The highest BCUT2D eigenvalue weighted by Gasteiger charge is 2.24. The van der Waals surface area contributed by atoms with E-state index in [1.54, 1.807) is 23.0 Å². The standard InChI is InChI=1S/C19H15ClN4O/c1-11-6-4-7-14-13(3)25-19(22-17(11)14)16-10-12(2)23-24(16)18-15(20)8-5-9-21-18/h4-10H,3H2,1-2H3. The first kappa shape index (κ1) is 15.6. The first-order valence-electron chi connectivity index (χ1n) is 7.78. The van der Waals surface area contributed by atoms with Crippen molar-refractivity contribution in [3.8, 4) is 5.82 Å². The van der Waals surface area contributed by atoms with Gasteiger partial charge < -0.3 is 4.74 Å². The van der Waals surface area contributed by atoms with Crippen molar-refractivity contribution in [2.45, 2.75) is 13.8 Å². The Morgan fingerprint density at radius 1 is 1.16 bits per heavy atom. The summed E-state index contributed by atoms with van der Waals surface area (Å²) < 4.78 is 7.54. The lowest BCUT2D eigenvalue weighted by molar-refractivity contribution is 0.500. The number of para-hydroxylation sites is 1. The molecule has 1 aliphatic heterocycles. The van der Waals surface area contributed by atoms with Crippen molar-refractivity contribution < 1.29 is 4.74 Å². The minimum Gasteiger partial charge on any atom is -0.437 e. The molecule has 5 nitrogen and oxygen atoms in total. The van der Waals surface area contributed by atoms with Crippen molar-refractivity contribution in [3.05, 3.63) is 76.7 Å². The van der Waals surface area contributed by atoms with Gasteiger partial charge in [-0.05, 0) is 43.7 Å². The summed E-state index contributed by atoms with van der Waals surface area (Å²) in [6, 6.07) is 11.4. The van der Waals surface area contributed by atoms with Crippen LogP contribution < -0.4 is 0 Å².